The topological polar surface area (TPSA) is 49.9 Å². The molecule has 0 saturated carbocycles. The zero-order chi connectivity index (χ0) is 19.8. The van der Waals surface area contributed by atoms with E-state index in [2.05, 4.69) is 17.0 Å². The van der Waals surface area contributed by atoms with Crippen LogP contribution in [0.25, 0.3) is 6.08 Å². The molecular formula is C24H24N2O3. The molecule has 5 nitrogen and oxygen atoms in total. The number of carbonyl (C=O) groups is 2. The van der Waals surface area contributed by atoms with E-state index < -0.39 is 6.09 Å². The Hall–Kier alpha value is -3.08. The van der Waals surface area contributed by atoms with Crippen molar-refractivity contribution >= 4 is 23.8 Å². The summed E-state index contributed by atoms with van der Waals surface area (Å²) in [5.41, 5.74) is 6.12. The first-order valence-electron chi connectivity index (χ1n) is 10.4. The van der Waals surface area contributed by atoms with Gasteiger partial charge in [0.05, 0.1) is 0 Å². The molecule has 5 heteroatoms. The van der Waals surface area contributed by atoms with Gasteiger partial charge in [0.2, 0.25) is 0 Å². The molecule has 0 atom stereocenters. The van der Waals surface area contributed by atoms with Crippen LogP contribution >= 0.6 is 0 Å². The second-order valence-electron chi connectivity index (χ2n) is 7.95. The van der Waals surface area contributed by atoms with Crippen LogP contribution in [0.15, 0.2) is 48.2 Å². The number of anilines is 1. The van der Waals surface area contributed by atoms with Crippen molar-refractivity contribution in [1.29, 1.82) is 0 Å². The van der Waals surface area contributed by atoms with Crippen LogP contribution in [0.1, 0.15) is 35.1 Å². The summed E-state index contributed by atoms with van der Waals surface area (Å²) in [6, 6.07) is 14.1. The first-order chi connectivity index (χ1) is 14.2. The van der Waals surface area contributed by atoms with Gasteiger partial charge in [-0.05, 0) is 72.6 Å². The highest BCUT2D eigenvalue weighted by Gasteiger charge is 2.36. The lowest BCUT2D eigenvalue weighted by Crippen LogP contribution is -2.34. The van der Waals surface area contributed by atoms with Gasteiger partial charge in [-0.25, -0.2) is 9.69 Å². The van der Waals surface area contributed by atoms with Crippen molar-refractivity contribution in [3.8, 4) is 0 Å². The summed E-state index contributed by atoms with van der Waals surface area (Å²) in [5.74, 6) is -0.224. The molecule has 2 aromatic carbocycles. The summed E-state index contributed by atoms with van der Waals surface area (Å²) in [4.78, 5) is 28.7. The normalized spacial score (nSPS) is 19.5. The second-order valence-corrected chi connectivity index (χ2v) is 7.95. The Morgan fingerprint density at radius 1 is 0.966 bits per heavy atom. The summed E-state index contributed by atoms with van der Waals surface area (Å²) < 4.78 is 5.32. The lowest BCUT2D eigenvalue weighted by molar-refractivity contribution is -0.123. The molecule has 148 valence electrons. The lowest BCUT2D eigenvalue weighted by Gasteiger charge is -2.37. The largest absolute Gasteiger partial charge is 0.422 e. The summed E-state index contributed by atoms with van der Waals surface area (Å²) >= 11 is 0. The standard InChI is InChI=1S/C24H24N2O3/c27-23-21(29-24(28)26(23)13-10-17-6-2-1-3-7-17)16-18-14-19-8-4-11-25-12-5-9-20(15-18)22(19)25/h1-3,6-7,14-16H,4-5,8-13H2/b21-16+. The van der Waals surface area contributed by atoms with Crippen molar-refractivity contribution in [3.05, 3.63) is 70.5 Å². The Morgan fingerprint density at radius 2 is 1.66 bits per heavy atom. The van der Waals surface area contributed by atoms with Crippen LogP contribution in [-0.2, 0) is 28.8 Å². The molecule has 1 fully saturated rings. The first kappa shape index (κ1) is 18.0. The van der Waals surface area contributed by atoms with E-state index in [1.54, 1.807) is 6.08 Å². The highest BCUT2D eigenvalue weighted by molar-refractivity contribution is 6.10. The van der Waals surface area contributed by atoms with Gasteiger partial charge in [-0.1, -0.05) is 30.3 Å². The number of nitrogens with zero attached hydrogens (tertiary/aromatic N) is 2. The Bertz CT molecular complexity index is 965. The van der Waals surface area contributed by atoms with Crippen LogP contribution in [0.3, 0.4) is 0 Å². The van der Waals surface area contributed by atoms with Gasteiger partial charge in [-0.3, -0.25) is 4.79 Å². The van der Waals surface area contributed by atoms with Gasteiger partial charge < -0.3 is 9.64 Å². The Balaban J connectivity index is 1.37. The van der Waals surface area contributed by atoms with E-state index in [4.69, 9.17) is 4.74 Å². The molecule has 3 aliphatic heterocycles. The van der Waals surface area contributed by atoms with E-state index in [1.165, 1.54) is 21.7 Å². The van der Waals surface area contributed by atoms with Crippen molar-refractivity contribution in [1.82, 2.24) is 4.90 Å². The minimum Gasteiger partial charge on any atom is -0.404 e. The number of hydrogen-bond donors (Lipinski definition) is 0. The van der Waals surface area contributed by atoms with Crippen LogP contribution in [0.4, 0.5) is 10.5 Å². The molecule has 0 bridgehead atoms. The molecule has 0 N–H and O–H groups in total. The number of amides is 2. The van der Waals surface area contributed by atoms with E-state index in [-0.39, 0.29) is 11.7 Å². The molecular weight excluding hydrogens is 364 g/mol. The van der Waals surface area contributed by atoms with E-state index in [0.29, 0.717) is 13.0 Å². The van der Waals surface area contributed by atoms with Crippen LogP contribution in [0.2, 0.25) is 0 Å². The number of cyclic esters (lactones) is 1. The molecule has 2 amide bonds. The third-order valence-electron chi connectivity index (χ3n) is 5.99. The summed E-state index contributed by atoms with van der Waals surface area (Å²) in [5, 5.41) is 0. The maximum atomic E-state index is 12.8. The highest BCUT2D eigenvalue weighted by atomic mass is 16.6. The second kappa shape index (κ2) is 7.39. The minimum atomic E-state index is -0.581. The number of hydrogen-bond acceptors (Lipinski definition) is 4. The SMILES string of the molecule is O=C1O/C(=C/c2cc3c4c(c2)CCCN4CCC3)C(=O)N1CCc1ccccc1. The average molecular weight is 388 g/mol. The van der Waals surface area contributed by atoms with Crippen LogP contribution in [0.5, 0.6) is 0 Å². The first-order valence-corrected chi connectivity index (χ1v) is 10.4. The van der Waals surface area contributed by atoms with Gasteiger partial charge in [-0.15, -0.1) is 0 Å². The summed E-state index contributed by atoms with van der Waals surface area (Å²) in [6.07, 6.45) is 6.21. The summed E-state index contributed by atoms with van der Waals surface area (Å²) in [6.45, 7) is 2.59. The molecule has 3 heterocycles. The monoisotopic (exact) mass is 388 g/mol. The van der Waals surface area contributed by atoms with Gasteiger partial charge in [0.25, 0.3) is 5.91 Å². The number of carbonyl (C=O) groups excluding carboxylic acids is 2. The van der Waals surface area contributed by atoms with Gasteiger partial charge in [0, 0.05) is 25.3 Å². The molecule has 0 aliphatic carbocycles. The van der Waals surface area contributed by atoms with E-state index in [0.717, 1.165) is 49.9 Å². The average Bonchev–Trinajstić information content (AvgIpc) is 3.00. The molecule has 5 rings (SSSR count). The van der Waals surface area contributed by atoms with Crippen LogP contribution in [-0.4, -0.2) is 36.5 Å². The fourth-order valence-corrected chi connectivity index (χ4v) is 4.64. The molecule has 29 heavy (non-hydrogen) atoms. The fraction of sp³-hybridized carbons (Fsp3) is 0.333. The van der Waals surface area contributed by atoms with Gasteiger partial charge in [0.15, 0.2) is 5.76 Å². The Morgan fingerprint density at radius 3 is 2.34 bits per heavy atom. The number of aryl methyl sites for hydroxylation is 2. The van der Waals surface area contributed by atoms with Crippen molar-refractivity contribution in [2.24, 2.45) is 0 Å². The third kappa shape index (κ3) is 3.41. The summed E-state index contributed by atoms with van der Waals surface area (Å²) in [7, 11) is 0. The zero-order valence-corrected chi connectivity index (χ0v) is 16.4. The lowest BCUT2D eigenvalue weighted by atomic mass is 9.90. The zero-order valence-electron chi connectivity index (χ0n) is 16.4. The quantitative estimate of drug-likeness (QED) is 0.745. The molecule has 3 aliphatic rings. The highest BCUT2D eigenvalue weighted by Crippen LogP contribution is 2.36. The maximum Gasteiger partial charge on any atom is 0.422 e. The molecule has 0 unspecified atom stereocenters. The van der Waals surface area contributed by atoms with Crippen molar-refractivity contribution in [2.45, 2.75) is 32.1 Å². The van der Waals surface area contributed by atoms with Crippen molar-refractivity contribution in [3.63, 3.8) is 0 Å². The van der Waals surface area contributed by atoms with E-state index in [9.17, 15) is 9.59 Å². The molecule has 1 saturated heterocycles. The van der Waals surface area contributed by atoms with E-state index in [1.807, 2.05) is 30.3 Å². The molecule has 2 aromatic rings. The van der Waals surface area contributed by atoms with Crippen LogP contribution in [0, 0.1) is 0 Å². The third-order valence-corrected chi connectivity index (χ3v) is 5.99. The van der Waals surface area contributed by atoms with Crippen LogP contribution < -0.4 is 4.90 Å². The minimum absolute atomic E-state index is 0.124. The van der Waals surface area contributed by atoms with E-state index >= 15 is 0 Å². The molecule has 0 aromatic heterocycles. The maximum absolute atomic E-state index is 12.8. The Labute approximate surface area is 170 Å². The smallest absolute Gasteiger partial charge is 0.404 e. The van der Waals surface area contributed by atoms with Gasteiger partial charge in [0.1, 0.15) is 0 Å². The van der Waals surface area contributed by atoms with Crippen molar-refractivity contribution in [2.75, 3.05) is 24.5 Å². The van der Waals surface area contributed by atoms with Gasteiger partial charge >= 0.3 is 6.09 Å². The molecule has 0 spiro atoms. The number of rotatable bonds is 4. The van der Waals surface area contributed by atoms with Crippen molar-refractivity contribution < 1.29 is 14.3 Å². The fourth-order valence-electron chi connectivity index (χ4n) is 4.64. The molecule has 0 radical (unpaired) electrons. The number of benzene rings is 2. The predicted molar refractivity (Wildman–Crippen MR) is 112 cm³/mol. The number of imide groups is 1. The number of ether oxygens (including phenoxy) is 1. The van der Waals surface area contributed by atoms with Gasteiger partial charge in [-0.2, -0.15) is 0 Å². The Kier molecular flexibility index (Phi) is 4.58. The predicted octanol–water partition coefficient (Wildman–Crippen LogP) is 3.95.